The zero-order chi connectivity index (χ0) is 26.2. The molecule has 2 aliphatic rings. The van der Waals surface area contributed by atoms with Crippen molar-refractivity contribution in [3.8, 4) is 5.75 Å². The first-order valence-corrected chi connectivity index (χ1v) is 12.9. The molecule has 0 radical (unpaired) electrons. The van der Waals surface area contributed by atoms with Crippen LogP contribution >= 0.6 is 15.9 Å². The van der Waals surface area contributed by atoms with Crippen molar-refractivity contribution < 1.29 is 23.8 Å². The van der Waals surface area contributed by atoms with Gasteiger partial charge in [-0.15, -0.1) is 0 Å². The molecule has 2 N–H and O–H groups in total. The van der Waals surface area contributed by atoms with Crippen LogP contribution in [-0.4, -0.2) is 18.4 Å². The number of esters is 1. The molecule has 0 spiro atoms. The number of allylic oxidation sites excluding steroid dienone is 2. The predicted octanol–water partition coefficient (Wildman–Crippen LogP) is 6.14. The quantitative estimate of drug-likeness (QED) is 0.432. The first-order valence-electron chi connectivity index (χ1n) is 12.1. The van der Waals surface area contributed by atoms with Crippen LogP contribution in [0.4, 0.5) is 0 Å². The lowest BCUT2D eigenvalue weighted by molar-refractivity contribution is -0.139. The number of Topliss-reactive ketones (excluding diaryl/α,β-unsaturated/α-hetero) is 1. The zero-order valence-corrected chi connectivity index (χ0v) is 23.0. The molecule has 7 heteroatoms. The largest absolute Gasteiger partial charge is 0.488 e. The minimum Gasteiger partial charge on any atom is -0.488 e. The molecule has 4 rings (SSSR count). The molecule has 1 aliphatic heterocycles. The van der Waals surface area contributed by atoms with Crippen molar-refractivity contribution in [3.63, 3.8) is 0 Å². The van der Waals surface area contributed by atoms with Gasteiger partial charge >= 0.3 is 5.97 Å². The van der Waals surface area contributed by atoms with Gasteiger partial charge in [-0.2, -0.15) is 0 Å². The molecule has 2 aromatic carbocycles. The van der Waals surface area contributed by atoms with Gasteiger partial charge in [-0.3, -0.25) is 4.79 Å². The molecule has 190 valence electrons. The van der Waals surface area contributed by atoms with Gasteiger partial charge in [0.1, 0.15) is 23.7 Å². The highest BCUT2D eigenvalue weighted by molar-refractivity contribution is 9.10. The van der Waals surface area contributed by atoms with Gasteiger partial charge in [-0.25, -0.2) is 4.79 Å². The van der Waals surface area contributed by atoms with Crippen molar-refractivity contribution in [2.24, 2.45) is 11.1 Å². The number of carbonyl (C=O) groups is 2. The van der Waals surface area contributed by atoms with Crippen LogP contribution in [0.5, 0.6) is 5.75 Å². The van der Waals surface area contributed by atoms with Crippen LogP contribution in [0.25, 0.3) is 0 Å². The van der Waals surface area contributed by atoms with Crippen LogP contribution in [0.15, 0.2) is 63.7 Å². The molecule has 0 amide bonds. The second-order valence-electron chi connectivity index (χ2n) is 10.2. The number of carbonyl (C=O) groups excluding carboxylic acids is 2. The fourth-order valence-electron chi connectivity index (χ4n) is 5.00. The normalized spacial score (nSPS) is 19.1. The van der Waals surface area contributed by atoms with E-state index in [9.17, 15) is 9.59 Å². The van der Waals surface area contributed by atoms with Crippen LogP contribution in [0.3, 0.4) is 0 Å². The summed E-state index contributed by atoms with van der Waals surface area (Å²) in [5, 5.41) is 0. The molecular formula is C29H32BrNO5. The number of para-hydroxylation sites is 1. The van der Waals surface area contributed by atoms with E-state index < -0.39 is 11.9 Å². The maximum atomic E-state index is 13.5. The van der Waals surface area contributed by atoms with Gasteiger partial charge in [0.05, 0.1) is 17.0 Å². The minimum absolute atomic E-state index is 0.00584. The van der Waals surface area contributed by atoms with Crippen molar-refractivity contribution in [3.05, 3.63) is 85.9 Å². The molecule has 6 nitrogen and oxygen atoms in total. The minimum atomic E-state index is -0.667. The molecule has 0 bridgehead atoms. The highest BCUT2D eigenvalue weighted by atomic mass is 79.9. The molecule has 1 atom stereocenters. The first kappa shape index (κ1) is 26.0. The number of hydrogen-bond acceptors (Lipinski definition) is 6. The van der Waals surface area contributed by atoms with E-state index in [1.807, 2.05) is 58.0 Å². The Morgan fingerprint density at radius 1 is 1.17 bits per heavy atom. The van der Waals surface area contributed by atoms with E-state index in [0.29, 0.717) is 30.8 Å². The summed E-state index contributed by atoms with van der Waals surface area (Å²) in [7, 11) is 0. The average molecular weight is 554 g/mol. The smallest absolute Gasteiger partial charge is 0.340 e. The average Bonchev–Trinajstić information content (AvgIpc) is 2.78. The number of rotatable bonds is 6. The van der Waals surface area contributed by atoms with Crippen LogP contribution in [-0.2, 0) is 25.7 Å². The molecular weight excluding hydrogens is 522 g/mol. The number of aryl methyl sites for hydroxylation is 2. The van der Waals surface area contributed by atoms with Gasteiger partial charge in [-0.1, -0.05) is 38.1 Å². The lowest BCUT2D eigenvalue weighted by atomic mass is 9.69. The third kappa shape index (κ3) is 5.07. The summed E-state index contributed by atoms with van der Waals surface area (Å²) in [4.78, 5) is 26.6. The standard InChI is InChI=1S/C29H32BrNO5/c1-6-34-28(33)26-24(25-21(32)13-29(4,5)14-23(25)36-27(26)31)19-12-18(16(2)11-17(19)3)15-35-22-10-8-7-9-20(22)30/h7-12,24H,6,13-15,31H2,1-5H3/t24-/m0/s1. The van der Waals surface area contributed by atoms with Crippen molar-refractivity contribution in [2.75, 3.05) is 6.61 Å². The van der Waals surface area contributed by atoms with Gasteiger partial charge in [0.25, 0.3) is 0 Å². The second kappa shape index (κ2) is 10.1. The van der Waals surface area contributed by atoms with Gasteiger partial charge in [0.2, 0.25) is 5.88 Å². The van der Waals surface area contributed by atoms with Gasteiger partial charge < -0.3 is 19.9 Å². The Labute approximate surface area is 220 Å². The summed E-state index contributed by atoms with van der Waals surface area (Å²) >= 11 is 3.52. The molecule has 0 aromatic heterocycles. The first-order chi connectivity index (χ1) is 17.0. The maximum Gasteiger partial charge on any atom is 0.340 e. The van der Waals surface area contributed by atoms with E-state index in [0.717, 1.165) is 32.5 Å². The Balaban J connectivity index is 1.83. The molecule has 0 saturated heterocycles. The molecule has 0 unspecified atom stereocenters. The fraction of sp³-hybridized carbons (Fsp3) is 0.379. The molecule has 1 aliphatic carbocycles. The van der Waals surface area contributed by atoms with E-state index in [1.165, 1.54) is 0 Å². The van der Waals surface area contributed by atoms with E-state index in [-0.39, 0.29) is 29.3 Å². The lowest BCUT2D eigenvalue weighted by Crippen LogP contribution is -2.36. The predicted molar refractivity (Wildman–Crippen MR) is 141 cm³/mol. The molecule has 0 saturated carbocycles. The lowest BCUT2D eigenvalue weighted by Gasteiger charge is -2.38. The Bertz CT molecular complexity index is 1290. The summed E-state index contributed by atoms with van der Waals surface area (Å²) in [6.45, 7) is 10.3. The third-order valence-electron chi connectivity index (χ3n) is 6.71. The molecule has 36 heavy (non-hydrogen) atoms. The van der Waals surface area contributed by atoms with E-state index in [1.54, 1.807) is 6.92 Å². The summed E-state index contributed by atoms with van der Waals surface area (Å²) < 4.78 is 18.2. The summed E-state index contributed by atoms with van der Waals surface area (Å²) in [6.07, 6.45) is 0.926. The highest BCUT2D eigenvalue weighted by Crippen LogP contribution is 2.49. The maximum absolute atomic E-state index is 13.5. The molecule has 1 heterocycles. The van der Waals surface area contributed by atoms with Crippen molar-refractivity contribution >= 4 is 27.7 Å². The highest BCUT2D eigenvalue weighted by Gasteiger charge is 2.45. The molecule has 0 fully saturated rings. The SMILES string of the molecule is CCOC(=O)C1=C(N)OC2=C(C(=O)CC(C)(C)C2)[C@@H]1c1cc(COc2ccccc2Br)c(C)cc1C. The van der Waals surface area contributed by atoms with E-state index >= 15 is 0 Å². The summed E-state index contributed by atoms with van der Waals surface area (Å²) in [6, 6.07) is 11.7. The Hall–Kier alpha value is -3.06. The Morgan fingerprint density at radius 3 is 2.58 bits per heavy atom. The fourth-order valence-corrected chi connectivity index (χ4v) is 5.40. The Kier molecular flexibility index (Phi) is 7.32. The van der Waals surface area contributed by atoms with Crippen LogP contribution in [0, 0.1) is 19.3 Å². The monoisotopic (exact) mass is 553 g/mol. The zero-order valence-electron chi connectivity index (χ0n) is 21.4. The van der Waals surface area contributed by atoms with Crippen LogP contribution in [0.1, 0.15) is 61.8 Å². The Morgan fingerprint density at radius 2 is 1.89 bits per heavy atom. The summed E-state index contributed by atoms with van der Waals surface area (Å²) in [5.74, 6) is -0.0106. The topological polar surface area (TPSA) is 87.9 Å². The molecule has 2 aromatic rings. The number of hydrogen-bond donors (Lipinski definition) is 1. The van der Waals surface area contributed by atoms with Crippen LogP contribution in [0.2, 0.25) is 0 Å². The van der Waals surface area contributed by atoms with E-state index in [2.05, 4.69) is 22.0 Å². The second-order valence-corrected chi connectivity index (χ2v) is 11.0. The van der Waals surface area contributed by atoms with Crippen molar-refractivity contribution in [2.45, 2.75) is 60.0 Å². The van der Waals surface area contributed by atoms with E-state index in [4.69, 9.17) is 19.9 Å². The van der Waals surface area contributed by atoms with Gasteiger partial charge in [0.15, 0.2) is 5.78 Å². The van der Waals surface area contributed by atoms with Crippen LogP contribution < -0.4 is 10.5 Å². The van der Waals surface area contributed by atoms with Crippen molar-refractivity contribution in [1.29, 1.82) is 0 Å². The number of nitrogens with two attached hydrogens (primary N) is 1. The third-order valence-corrected chi connectivity index (χ3v) is 7.36. The number of benzene rings is 2. The number of ether oxygens (including phenoxy) is 3. The number of ketones is 1. The summed E-state index contributed by atoms with van der Waals surface area (Å²) in [5.41, 5.74) is 10.5. The van der Waals surface area contributed by atoms with Gasteiger partial charge in [-0.05, 0) is 76.5 Å². The number of halogens is 1. The van der Waals surface area contributed by atoms with Crippen molar-refractivity contribution in [1.82, 2.24) is 0 Å². The van der Waals surface area contributed by atoms with Gasteiger partial charge in [0, 0.05) is 18.4 Å².